The van der Waals surface area contributed by atoms with Crippen LogP contribution >= 0.6 is 0 Å². The Morgan fingerprint density at radius 1 is 1.05 bits per heavy atom. The standard InChI is InChI=1S/C17H13NO4/c1-21-17(20)14-15(19)18(13-10-6-3-7-11-13)16(22-14)12-8-4-2-5-9-12/h2-11H,1H3. The SMILES string of the molecule is COC(=O)c1oc(-c2ccccc2)[n+](-c2ccccc2)c1[O-]. The number of carbonyl (C=O) groups excluding carboxylic acids is 1. The van der Waals surface area contributed by atoms with Crippen molar-refractivity contribution in [1.29, 1.82) is 0 Å². The minimum Gasteiger partial charge on any atom is -0.820 e. The molecular formula is C17H13NO4. The minimum absolute atomic E-state index is 0.289. The molecule has 0 spiro atoms. The van der Waals surface area contributed by atoms with Crippen molar-refractivity contribution in [3.8, 4) is 23.0 Å². The van der Waals surface area contributed by atoms with Crippen LogP contribution in [0, 0.1) is 0 Å². The fourth-order valence-electron chi connectivity index (χ4n) is 2.18. The van der Waals surface area contributed by atoms with E-state index in [1.165, 1.54) is 11.7 Å². The van der Waals surface area contributed by atoms with Crippen molar-refractivity contribution in [2.24, 2.45) is 0 Å². The summed E-state index contributed by atoms with van der Waals surface area (Å²) in [5.41, 5.74) is 1.31. The second-order valence-corrected chi connectivity index (χ2v) is 4.57. The fourth-order valence-corrected chi connectivity index (χ4v) is 2.18. The van der Waals surface area contributed by atoms with Crippen molar-refractivity contribution < 1.29 is 23.6 Å². The first kappa shape index (κ1) is 13.9. The highest BCUT2D eigenvalue weighted by Gasteiger charge is 2.30. The summed E-state index contributed by atoms with van der Waals surface area (Å²) in [5.74, 6) is -1.39. The van der Waals surface area contributed by atoms with Gasteiger partial charge in [-0.2, -0.15) is 0 Å². The molecule has 5 nitrogen and oxygen atoms in total. The maximum absolute atomic E-state index is 12.5. The molecule has 110 valence electrons. The Kier molecular flexibility index (Phi) is 3.62. The van der Waals surface area contributed by atoms with Crippen LogP contribution in [0.3, 0.4) is 0 Å². The number of ether oxygens (including phenoxy) is 1. The molecule has 5 heteroatoms. The van der Waals surface area contributed by atoms with Crippen LogP contribution in [0.5, 0.6) is 5.88 Å². The number of esters is 1. The predicted octanol–water partition coefficient (Wildman–Crippen LogP) is 2.08. The summed E-state index contributed by atoms with van der Waals surface area (Å²) in [6.45, 7) is 0. The molecule has 0 aliphatic heterocycles. The first-order valence-electron chi connectivity index (χ1n) is 6.67. The zero-order chi connectivity index (χ0) is 15.5. The highest BCUT2D eigenvalue weighted by atomic mass is 16.5. The Balaban J connectivity index is 2.26. The Labute approximate surface area is 127 Å². The molecule has 0 fully saturated rings. The predicted molar refractivity (Wildman–Crippen MR) is 76.5 cm³/mol. The van der Waals surface area contributed by atoms with Crippen LogP contribution in [-0.4, -0.2) is 13.1 Å². The van der Waals surface area contributed by atoms with Gasteiger partial charge in [-0.1, -0.05) is 36.4 Å². The number of para-hydroxylation sites is 1. The summed E-state index contributed by atoms with van der Waals surface area (Å²) < 4.78 is 11.5. The molecule has 0 atom stereocenters. The van der Waals surface area contributed by atoms with Crippen LogP contribution < -0.4 is 9.67 Å². The van der Waals surface area contributed by atoms with Gasteiger partial charge in [0, 0.05) is 12.1 Å². The molecule has 3 rings (SSSR count). The summed E-state index contributed by atoms with van der Waals surface area (Å²) in [7, 11) is 1.21. The number of nitrogens with zero attached hydrogens (tertiary/aromatic N) is 1. The van der Waals surface area contributed by atoms with Crippen LogP contribution in [0.2, 0.25) is 0 Å². The molecule has 0 aliphatic carbocycles. The first-order valence-corrected chi connectivity index (χ1v) is 6.67. The lowest BCUT2D eigenvalue weighted by Gasteiger charge is -2.02. The van der Waals surface area contributed by atoms with Gasteiger partial charge in [0.15, 0.2) is 0 Å². The van der Waals surface area contributed by atoms with Crippen molar-refractivity contribution in [1.82, 2.24) is 0 Å². The average Bonchev–Trinajstić information content (AvgIpc) is 2.93. The van der Waals surface area contributed by atoms with Crippen LogP contribution in [0.4, 0.5) is 0 Å². The van der Waals surface area contributed by atoms with E-state index in [4.69, 9.17) is 4.42 Å². The zero-order valence-electron chi connectivity index (χ0n) is 11.9. The van der Waals surface area contributed by atoms with Crippen molar-refractivity contribution in [2.45, 2.75) is 0 Å². The highest BCUT2D eigenvalue weighted by Crippen LogP contribution is 2.25. The molecular weight excluding hydrogens is 282 g/mol. The van der Waals surface area contributed by atoms with E-state index in [0.717, 1.165) is 0 Å². The quantitative estimate of drug-likeness (QED) is 0.548. The van der Waals surface area contributed by atoms with E-state index >= 15 is 0 Å². The topological polar surface area (TPSA) is 66.4 Å². The molecule has 0 bridgehead atoms. The maximum atomic E-state index is 12.5. The summed E-state index contributed by atoms with van der Waals surface area (Å²) in [4.78, 5) is 11.7. The molecule has 0 saturated carbocycles. The molecule has 0 amide bonds. The second-order valence-electron chi connectivity index (χ2n) is 4.57. The third-order valence-corrected chi connectivity index (χ3v) is 3.21. The summed E-state index contributed by atoms with van der Waals surface area (Å²) in [6.07, 6.45) is 0. The molecule has 1 aromatic heterocycles. The highest BCUT2D eigenvalue weighted by molar-refractivity contribution is 5.88. The van der Waals surface area contributed by atoms with E-state index in [1.54, 1.807) is 36.4 Å². The Hall–Kier alpha value is -3.08. The molecule has 0 saturated heterocycles. The summed E-state index contributed by atoms with van der Waals surface area (Å²) in [5, 5.41) is 12.5. The number of benzene rings is 2. The lowest BCUT2D eigenvalue weighted by Crippen LogP contribution is -2.35. The molecule has 1 heterocycles. The number of rotatable bonds is 3. The Morgan fingerprint density at radius 2 is 1.64 bits per heavy atom. The van der Waals surface area contributed by atoms with E-state index in [1.807, 2.05) is 24.3 Å². The smallest absolute Gasteiger partial charge is 0.386 e. The number of oxazole rings is 1. The van der Waals surface area contributed by atoms with E-state index < -0.39 is 11.8 Å². The first-order chi connectivity index (χ1) is 10.7. The van der Waals surface area contributed by atoms with Gasteiger partial charge in [0.2, 0.25) is 11.6 Å². The van der Waals surface area contributed by atoms with Crippen molar-refractivity contribution in [2.75, 3.05) is 7.11 Å². The van der Waals surface area contributed by atoms with Gasteiger partial charge in [-0.25, -0.2) is 4.79 Å². The van der Waals surface area contributed by atoms with Crippen molar-refractivity contribution in [3.63, 3.8) is 0 Å². The van der Waals surface area contributed by atoms with Crippen LogP contribution in [0.1, 0.15) is 10.6 Å². The van der Waals surface area contributed by atoms with Gasteiger partial charge in [0.25, 0.3) is 5.76 Å². The van der Waals surface area contributed by atoms with E-state index in [0.29, 0.717) is 11.3 Å². The third-order valence-electron chi connectivity index (χ3n) is 3.21. The van der Waals surface area contributed by atoms with E-state index in [-0.39, 0.29) is 11.7 Å². The third kappa shape index (κ3) is 2.33. The second kappa shape index (κ2) is 5.73. The monoisotopic (exact) mass is 295 g/mol. The lowest BCUT2D eigenvalue weighted by molar-refractivity contribution is -0.641. The Morgan fingerprint density at radius 3 is 2.23 bits per heavy atom. The lowest BCUT2D eigenvalue weighted by atomic mass is 10.2. The van der Waals surface area contributed by atoms with Gasteiger partial charge < -0.3 is 14.3 Å². The molecule has 0 N–H and O–H groups in total. The molecule has 0 aliphatic rings. The van der Waals surface area contributed by atoms with Gasteiger partial charge >= 0.3 is 11.9 Å². The van der Waals surface area contributed by atoms with Crippen LogP contribution in [0.15, 0.2) is 65.1 Å². The zero-order valence-corrected chi connectivity index (χ0v) is 11.9. The van der Waals surface area contributed by atoms with Crippen molar-refractivity contribution >= 4 is 5.97 Å². The molecule has 2 aromatic carbocycles. The van der Waals surface area contributed by atoms with E-state index in [2.05, 4.69) is 4.74 Å². The minimum atomic E-state index is -0.795. The molecule has 0 unspecified atom stereocenters. The van der Waals surface area contributed by atoms with Crippen LogP contribution in [0.25, 0.3) is 17.1 Å². The number of methoxy groups -OCH3 is 1. The molecule has 3 aromatic rings. The number of hydrogen-bond acceptors (Lipinski definition) is 4. The van der Waals surface area contributed by atoms with Gasteiger partial charge in [0.05, 0.1) is 12.7 Å². The maximum Gasteiger partial charge on any atom is 0.386 e. The normalized spacial score (nSPS) is 10.4. The number of carbonyl (C=O) groups is 1. The fraction of sp³-hybridized carbons (Fsp3) is 0.0588. The van der Waals surface area contributed by atoms with Gasteiger partial charge in [-0.05, 0) is 12.1 Å². The van der Waals surface area contributed by atoms with Gasteiger partial charge in [-0.3, -0.25) is 0 Å². The number of hydrogen-bond donors (Lipinski definition) is 0. The van der Waals surface area contributed by atoms with Gasteiger partial charge in [-0.15, -0.1) is 4.57 Å². The van der Waals surface area contributed by atoms with Crippen LogP contribution in [-0.2, 0) is 4.74 Å². The molecule has 0 radical (unpaired) electrons. The largest absolute Gasteiger partial charge is 0.820 e. The van der Waals surface area contributed by atoms with E-state index in [9.17, 15) is 9.90 Å². The average molecular weight is 295 g/mol. The van der Waals surface area contributed by atoms with Gasteiger partial charge in [0.1, 0.15) is 0 Å². The van der Waals surface area contributed by atoms with Crippen molar-refractivity contribution in [3.05, 3.63) is 66.4 Å². The Bertz CT molecular complexity index is 794. The molecule has 22 heavy (non-hydrogen) atoms. The summed E-state index contributed by atoms with van der Waals surface area (Å²) >= 11 is 0. The number of aromatic nitrogens is 1. The summed E-state index contributed by atoms with van der Waals surface area (Å²) in [6, 6.07) is 18.1.